The molecule has 0 aliphatic carbocycles. The van der Waals surface area contributed by atoms with Crippen molar-refractivity contribution in [3.8, 4) is 5.69 Å². The number of halogens is 4. The number of nitrogens with zero attached hydrogens (tertiary/aromatic N) is 5. The number of carbonyl (C=O) groups is 1. The van der Waals surface area contributed by atoms with Gasteiger partial charge >= 0.3 is 6.18 Å². The lowest BCUT2D eigenvalue weighted by atomic mass is 10.0. The Balaban J connectivity index is 1.57. The van der Waals surface area contributed by atoms with Gasteiger partial charge in [0.1, 0.15) is 18.1 Å². The molecule has 36 heavy (non-hydrogen) atoms. The van der Waals surface area contributed by atoms with Crippen LogP contribution in [-0.2, 0) is 11.2 Å². The average molecular weight is 498 g/mol. The number of benzene rings is 2. The van der Waals surface area contributed by atoms with E-state index in [9.17, 15) is 22.4 Å². The first-order chi connectivity index (χ1) is 17.2. The van der Waals surface area contributed by atoms with Crippen molar-refractivity contribution in [3.63, 3.8) is 0 Å². The number of aromatic nitrogens is 2. The van der Waals surface area contributed by atoms with Crippen molar-refractivity contribution in [3.05, 3.63) is 83.8 Å². The number of anilines is 1. The quantitative estimate of drug-likeness (QED) is 0.262. The molecule has 1 unspecified atom stereocenters. The predicted molar refractivity (Wildman–Crippen MR) is 127 cm³/mol. The van der Waals surface area contributed by atoms with Gasteiger partial charge in [-0.15, -0.1) is 0 Å². The van der Waals surface area contributed by atoms with Crippen LogP contribution < -0.4 is 4.90 Å². The molecule has 1 N–H and O–H groups in total. The third-order valence-corrected chi connectivity index (χ3v) is 5.74. The molecule has 3 aromatic rings. The van der Waals surface area contributed by atoms with Gasteiger partial charge in [-0.1, -0.05) is 24.3 Å². The van der Waals surface area contributed by atoms with Gasteiger partial charge in [0.2, 0.25) is 5.91 Å². The summed E-state index contributed by atoms with van der Waals surface area (Å²) < 4.78 is 55.9. The summed E-state index contributed by atoms with van der Waals surface area (Å²) in [5.74, 6) is -2.20. The van der Waals surface area contributed by atoms with Gasteiger partial charge in [0.15, 0.2) is 0 Å². The van der Waals surface area contributed by atoms with E-state index in [1.54, 1.807) is 37.4 Å². The second kappa shape index (κ2) is 10.2. The Kier molecular flexibility index (Phi) is 7.09. The molecule has 2 aromatic carbocycles. The number of aryl methyl sites for hydroxylation is 2. The minimum absolute atomic E-state index is 0.0232. The molecule has 1 aliphatic heterocycles. The van der Waals surface area contributed by atoms with Crippen LogP contribution >= 0.6 is 0 Å². The summed E-state index contributed by atoms with van der Waals surface area (Å²) in [4.78, 5) is 21.9. The number of fused-ring (bicyclic) bond motifs is 1. The molecule has 2 heterocycles. The van der Waals surface area contributed by atoms with E-state index in [0.29, 0.717) is 12.0 Å². The lowest BCUT2D eigenvalue weighted by Gasteiger charge is -2.25. The summed E-state index contributed by atoms with van der Waals surface area (Å²) in [6.45, 7) is 0.374. The molecule has 1 aromatic heterocycles. The van der Waals surface area contributed by atoms with Crippen molar-refractivity contribution in [2.45, 2.75) is 25.9 Å². The van der Waals surface area contributed by atoms with Crippen molar-refractivity contribution >= 4 is 23.5 Å². The van der Waals surface area contributed by atoms with E-state index in [4.69, 9.17) is 5.53 Å². The second-order valence-corrected chi connectivity index (χ2v) is 8.33. The average Bonchev–Trinajstić information content (AvgIpc) is 3.22. The molecule has 0 fully saturated rings. The molecule has 0 bridgehead atoms. The molecular formula is C25H22F4N6O. The van der Waals surface area contributed by atoms with Gasteiger partial charge in [-0.2, -0.15) is 18.3 Å². The van der Waals surface area contributed by atoms with Crippen molar-refractivity contribution in [2.75, 3.05) is 11.4 Å². The Hall–Kier alpha value is -4.15. The van der Waals surface area contributed by atoms with Crippen molar-refractivity contribution in [1.82, 2.24) is 9.55 Å². The molecule has 186 valence electrons. The summed E-state index contributed by atoms with van der Waals surface area (Å²) in [7, 11) is 0. The third kappa shape index (κ3) is 5.56. The first-order valence-corrected chi connectivity index (χ1v) is 11.0. The molecule has 0 saturated heterocycles. The number of hydrogen-bond donors (Lipinski definition) is 1. The molecule has 1 atom stereocenters. The first kappa shape index (κ1) is 25.0. The van der Waals surface area contributed by atoms with Crippen LogP contribution in [0.25, 0.3) is 11.4 Å². The standard InChI is InChI=1S/C25H22F4N6O/c1-16-13-34(15-32-16)23-9-8-18(10-20(23)26)21(33-30)12-31-11-19-7-6-17-4-2-3-5-22(17)35(24(19)36)14-25(27,28)29/h2-5,8-13,15,19,30H,6-7,14H2,1H3/b21-12-,31-11?,33-30?. The molecule has 1 amide bonds. The summed E-state index contributed by atoms with van der Waals surface area (Å²) in [5.41, 5.74) is 9.61. The van der Waals surface area contributed by atoms with Crippen molar-refractivity contribution in [1.29, 1.82) is 5.53 Å². The zero-order valence-electron chi connectivity index (χ0n) is 19.2. The number of amides is 1. The number of nitrogens with one attached hydrogen (secondary N) is 1. The van der Waals surface area contributed by atoms with Gasteiger partial charge in [0.05, 0.1) is 29.8 Å². The summed E-state index contributed by atoms with van der Waals surface area (Å²) >= 11 is 0. The summed E-state index contributed by atoms with van der Waals surface area (Å²) in [5, 5.41) is 3.39. The Bertz CT molecular complexity index is 1340. The Morgan fingerprint density at radius 2 is 2.00 bits per heavy atom. The van der Waals surface area contributed by atoms with Crippen LogP contribution in [0.4, 0.5) is 23.2 Å². The van der Waals surface area contributed by atoms with Gasteiger partial charge < -0.3 is 9.47 Å². The number of carbonyl (C=O) groups excluding carboxylic acids is 1. The molecule has 0 saturated carbocycles. The highest BCUT2D eigenvalue weighted by Gasteiger charge is 2.38. The van der Waals surface area contributed by atoms with Crippen LogP contribution in [0.1, 0.15) is 23.2 Å². The van der Waals surface area contributed by atoms with Crippen LogP contribution in [0.5, 0.6) is 0 Å². The number of imidazole rings is 1. The monoisotopic (exact) mass is 498 g/mol. The molecule has 0 spiro atoms. The van der Waals surface area contributed by atoms with Crippen LogP contribution in [0.3, 0.4) is 0 Å². The lowest BCUT2D eigenvalue weighted by Crippen LogP contribution is -2.42. The number of rotatable bonds is 6. The highest BCUT2D eigenvalue weighted by molar-refractivity contribution is 6.04. The van der Waals surface area contributed by atoms with E-state index >= 15 is 0 Å². The largest absolute Gasteiger partial charge is 0.406 e. The SMILES string of the molecule is Cc1cn(-c2ccc(/C(=C/N=CC3CCc4ccccc4N(CC(F)(F)F)C3=O)N=N)cc2F)cn1. The molecule has 1 aliphatic rings. The number of hydrogen-bond acceptors (Lipinski definition) is 5. The van der Waals surface area contributed by atoms with E-state index in [1.165, 1.54) is 41.5 Å². The van der Waals surface area contributed by atoms with E-state index in [0.717, 1.165) is 10.6 Å². The van der Waals surface area contributed by atoms with Gasteiger partial charge in [-0.25, -0.2) is 14.9 Å². The predicted octanol–water partition coefficient (Wildman–Crippen LogP) is 5.88. The first-order valence-electron chi connectivity index (χ1n) is 11.0. The third-order valence-electron chi connectivity index (χ3n) is 5.74. The van der Waals surface area contributed by atoms with Gasteiger partial charge in [0, 0.05) is 23.7 Å². The van der Waals surface area contributed by atoms with Crippen LogP contribution in [0.2, 0.25) is 0 Å². The Labute approximate surface area is 204 Å². The zero-order valence-corrected chi connectivity index (χ0v) is 19.2. The topological polar surface area (TPSA) is 86.7 Å². The zero-order chi connectivity index (χ0) is 25.9. The highest BCUT2D eigenvalue weighted by Crippen LogP contribution is 2.31. The Morgan fingerprint density at radius 1 is 1.22 bits per heavy atom. The van der Waals surface area contributed by atoms with Gasteiger partial charge in [-0.3, -0.25) is 9.79 Å². The highest BCUT2D eigenvalue weighted by atomic mass is 19.4. The number of para-hydroxylation sites is 1. The minimum atomic E-state index is -4.57. The van der Waals surface area contributed by atoms with Crippen molar-refractivity contribution < 1.29 is 22.4 Å². The molecule has 7 nitrogen and oxygen atoms in total. The van der Waals surface area contributed by atoms with Gasteiger partial charge in [-0.05, 0) is 43.5 Å². The fourth-order valence-electron chi connectivity index (χ4n) is 4.03. The maximum atomic E-state index is 14.7. The smallest absolute Gasteiger partial charge is 0.303 e. The summed E-state index contributed by atoms with van der Waals surface area (Å²) in [6, 6.07) is 10.8. The number of alkyl halides is 3. The fourth-order valence-corrected chi connectivity index (χ4v) is 4.03. The van der Waals surface area contributed by atoms with Crippen LogP contribution in [0.15, 0.2) is 71.3 Å². The minimum Gasteiger partial charge on any atom is -0.303 e. The molecular weight excluding hydrogens is 476 g/mol. The van der Waals surface area contributed by atoms with Crippen LogP contribution in [0, 0.1) is 24.2 Å². The molecule has 4 rings (SSSR count). The van der Waals surface area contributed by atoms with Crippen molar-refractivity contribution in [2.24, 2.45) is 16.0 Å². The maximum Gasteiger partial charge on any atom is 0.406 e. The molecule has 0 radical (unpaired) electrons. The van der Waals surface area contributed by atoms with E-state index in [1.807, 2.05) is 0 Å². The van der Waals surface area contributed by atoms with Gasteiger partial charge in [0.25, 0.3) is 0 Å². The normalized spacial score (nSPS) is 16.8. The van der Waals surface area contributed by atoms with Crippen LogP contribution in [-0.4, -0.2) is 34.4 Å². The second-order valence-electron chi connectivity index (χ2n) is 8.33. The van der Waals surface area contributed by atoms with E-state index in [2.05, 4.69) is 15.1 Å². The maximum absolute atomic E-state index is 14.7. The number of aliphatic imine (C=N–C) groups is 1. The molecule has 11 heteroatoms. The van der Waals surface area contributed by atoms with E-state index in [-0.39, 0.29) is 29.1 Å². The Morgan fingerprint density at radius 3 is 2.67 bits per heavy atom. The summed E-state index contributed by atoms with van der Waals surface area (Å²) in [6.07, 6.45) is 1.67. The van der Waals surface area contributed by atoms with E-state index < -0.39 is 30.4 Å². The lowest BCUT2D eigenvalue weighted by molar-refractivity contribution is -0.133. The fraction of sp³-hybridized carbons (Fsp3) is 0.240.